The minimum atomic E-state index is -0.121. The van der Waals surface area contributed by atoms with E-state index in [1.54, 1.807) is 0 Å². The molecule has 3 aromatic heterocycles. The summed E-state index contributed by atoms with van der Waals surface area (Å²) in [6.45, 7) is 27.7. The lowest BCUT2D eigenvalue weighted by molar-refractivity contribution is 0.568. The molecule has 2 aliphatic heterocycles. The average molecular weight is 1180 g/mol. The topological polar surface area (TPSA) is 35.6 Å². The molecule has 0 fully saturated rings. The molecule has 5 heterocycles. The van der Waals surface area contributed by atoms with E-state index in [4.69, 9.17) is 9.97 Å². The summed E-state index contributed by atoms with van der Waals surface area (Å²) in [5.74, 6) is 0.715. The smallest absolute Gasteiger partial charge is 0.252 e. The largest absolute Gasteiger partial charge is 0.310 e. The summed E-state index contributed by atoms with van der Waals surface area (Å²) < 4.78 is 5.27. The highest BCUT2D eigenvalue weighted by atomic mass is 15.0. The number of benzene rings is 11. The zero-order valence-electron chi connectivity index (χ0n) is 54.4. The van der Waals surface area contributed by atoms with Crippen LogP contribution in [0.25, 0.3) is 133 Å². The molecule has 5 heteroatoms. The fraction of sp³-hybridized carbons (Fsp3) is 0.186. The van der Waals surface area contributed by atoms with Gasteiger partial charge < -0.3 is 9.13 Å². The fourth-order valence-electron chi connectivity index (χ4n) is 14.7. The van der Waals surface area contributed by atoms with Gasteiger partial charge in [0.05, 0.1) is 22.4 Å². The van der Waals surface area contributed by atoms with Crippen LogP contribution in [0, 0.1) is 0 Å². The van der Waals surface area contributed by atoms with Gasteiger partial charge in [-0.25, -0.2) is 9.97 Å². The number of fused-ring (bicyclic) bond motifs is 10. The Balaban J connectivity index is 1.07. The van der Waals surface area contributed by atoms with Crippen LogP contribution in [-0.2, 0) is 21.7 Å². The fourth-order valence-corrected chi connectivity index (χ4v) is 14.7. The van der Waals surface area contributed by atoms with Crippen molar-refractivity contribution >= 4 is 66.7 Å². The summed E-state index contributed by atoms with van der Waals surface area (Å²) in [7, 11) is 0. The number of rotatable bonds is 7. The van der Waals surface area contributed by atoms with E-state index in [-0.39, 0.29) is 28.4 Å². The van der Waals surface area contributed by atoms with Crippen molar-refractivity contribution < 1.29 is 0 Å². The summed E-state index contributed by atoms with van der Waals surface area (Å²) in [5, 5.41) is 4.98. The maximum atomic E-state index is 5.90. The Bertz CT molecular complexity index is 4900. The molecule has 0 saturated heterocycles. The van der Waals surface area contributed by atoms with Crippen LogP contribution in [0.2, 0.25) is 0 Å². The van der Waals surface area contributed by atoms with Gasteiger partial charge in [-0.1, -0.05) is 253 Å². The maximum absolute atomic E-state index is 5.90. The molecular formula is C86H75BN4. The van der Waals surface area contributed by atoms with Crippen molar-refractivity contribution in [2.24, 2.45) is 0 Å². The lowest BCUT2D eigenvalue weighted by atomic mass is 9.34. The summed E-state index contributed by atoms with van der Waals surface area (Å²) in [4.78, 5) is 11.7. The highest BCUT2D eigenvalue weighted by Crippen LogP contribution is 2.47. The lowest BCUT2D eigenvalue weighted by Crippen LogP contribution is -2.59. The third-order valence-corrected chi connectivity index (χ3v) is 19.7. The minimum absolute atomic E-state index is 0.109. The van der Waals surface area contributed by atoms with Gasteiger partial charge >= 0.3 is 0 Å². The maximum Gasteiger partial charge on any atom is 0.252 e. The molecular weight excluding hydrogens is 1100 g/mol. The van der Waals surface area contributed by atoms with Crippen LogP contribution in [0.4, 0.5) is 0 Å². The number of aromatic nitrogens is 4. The molecule has 11 aromatic carbocycles. The van der Waals surface area contributed by atoms with Crippen molar-refractivity contribution in [3.63, 3.8) is 0 Å². The predicted molar refractivity (Wildman–Crippen MR) is 388 cm³/mol. The first-order chi connectivity index (χ1) is 43.6. The first kappa shape index (κ1) is 56.4. The second-order valence-corrected chi connectivity index (χ2v) is 29.9. The van der Waals surface area contributed by atoms with Crippen LogP contribution < -0.4 is 16.4 Å². The Morgan fingerprint density at radius 1 is 0.297 bits per heavy atom. The van der Waals surface area contributed by atoms with Gasteiger partial charge in [-0.05, 0) is 172 Å². The third-order valence-electron chi connectivity index (χ3n) is 19.7. The van der Waals surface area contributed by atoms with E-state index in [2.05, 4.69) is 329 Å². The Labute approximate surface area is 536 Å². The SMILES string of the molecule is CC(C)(C)c1cc(-c2cc(-c3cc4c5c(c3)-n3c6ccc(-c7ccccc7)cc6c6c(-c7ccccc7)ccc(c63)B5c3ccc(-c5ccccc5)c5c6cc(-c7ccccc7)ccc6n-4c35)nc(-c3cc(C(C)(C)C)cc(C(C)(C)C)c3)n2)cc(C(C)(C)C)c1. The molecule has 91 heavy (non-hydrogen) atoms. The van der Waals surface area contributed by atoms with Gasteiger partial charge in [0.25, 0.3) is 6.71 Å². The van der Waals surface area contributed by atoms with Crippen LogP contribution in [0.1, 0.15) is 105 Å². The van der Waals surface area contributed by atoms with Gasteiger partial charge in [-0.3, -0.25) is 0 Å². The molecule has 14 aromatic rings. The first-order valence-corrected chi connectivity index (χ1v) is 32.5. The molecule has 4 nitrogen and oxygen atoms in total. The summed E-state index contributed by atoms with van der Waals surface area (Å²) in [6, 6.07) is 89.5. The van der Waals surface area contributed by atoms with E-state index in [0.717, 1.165) is 39.5 Å². The van der Waals surface area contributed by atoms with Crippen molar-refractivity contribution in [3.8, 4) is 89.8 Å². The van der Waals surface area contributed by atoms with Crippen molar-refractivity contribution in [3.05, 3.63) is 259 Å². The number of nitrogens with zero attached hydrogens (tertiary/aromatic N) is 4. The number of hydrogen-bond donors (Lipinski definition) is 0. The highest BCUT2D eigenvalue weighted by Gasteiger charge is 2.42. The van der Waals surface area contributed by atoms with E-state index < -0.39 is 0 Å². The van der Waals surface area contributed by atoms with Crippen LogP contribution in [0.15, 0.2) is 237 Å². The summed E-state index contributed by atoms with van der Waals surface area (Å²) in [5.41, 5.74) is 30.2. The Morgan fingerprint density at radius 2 is 0.648 bits per heavy atom. The minimum Gasteiger partial charge on any atom is -0.310 e. The van der Waals surface area contributed by atoms with E-state index in [9.17, 15) is 0 Å². The Kier molecular flexibility index (Phi) is 12.6. The van der Waals surface area contributed by atoms with Crippen molar-refractivity contribution in [2.75, 3.05) is 0 Å². The second-order valence-electron chi connectivity index (χ2n) is 29.9. The van der Waals surface area contributed by atoms with E-state index in [1.165, 1.54) is 127 Å². The van der Waals surface area contributed by atoms with Gasteiger partial charge in [0.15, 0.2) is 5.82 Å². The molecule has 0 atom stereocenters. The quantitative estimate of drug-likeness (QED) is 0.149. The molecule has 2 aliphatic rings. The highest BCUT2D eigenvalue weighted by molar-refractivity contribution is 7.00. The van der Waals surface area contributed by atoms with Crippen LogP contribution in [0.5, 0.6) is 0 Å². The normalized spacial score (nSPS) is 13.0. The Morgan fingerprint density at radius 3 is 1.02 bits per heavy atom. The van der Waals surface area contributed by atoms with Crippen LogP contribution in [-0.4, -0.2) is 25.8 Å². The van der Waals surface area contributed by atoms with E-state index in [0.29, 0.717) is 5.82 Å². The number of hydrogen-bond acceptors (Lipinski definition) is 2. The Hall–Kier alpha value is -9.84. The third kappa shape index (κ3) is 9.25. The summed E-state index contributed by atoms with van der Waals surface area (Å²) >= 11 is 0. The van der Waals surface area contributed by atoms with Gasteiger partial charge in [0.1, 0.15) is 0 Å². The summed E-state index contributed by atoms with van der Waals surface area (Å²) in [6.07, 6.45) is 0. The van der Waals surface area contributed by atoms with E-state index >= 15 is 0 Å². The molecule has 0 spiro atoms. The predicted octanol–water partition coefficient (Wildman–Crippen LogP) is 20.7. The van der Waals surface area contributed by atoms with E-state index in [1.807, 2.05) is 0 Å². The van der Waals surface area contributed by atoms with Gasteiger partial charge in [-0.2, -0.15) is 0 Å². The van der Waals surface area contributed by atoms with Crippen molar-refractivity contribution in [2.45, 2.75) is 105 Å². The molecule has 0 aliphatic carbocycles. The van der Waals surface area contributed by atoms with Gasteiger partial charge in [0, 0.05) is 60.6 Å². The molecule has 0 radical (unpaired) electrons. The zero-order valence-corrected chi connectivity index (χ0v) is 54.4. The van der Waals surface area contributed by atoms with Crippen LogP contribution in [0.3, 0.4) is 0 Å². The first-order valence-electron chi connectivity index (χ1n) is 32.5. The van der Waals surface area contributed by atoms with Crippen LogP contribution >= 0.6 is 0 Å². The van der Waals surface area contributed by atoms with Crippen molar-refractivity contribution in [1.29, 1.82) is 0 Å². The molecule has 0 N–H and O–H groups in total. The molecule has 0 saturated carbocycles. The molecule has 0 unspecified atom stereocenters. The second kappa shape index (κ2) is 20.3. The molecule has 0 amide bonds. The molecule has 0 bridgehead atoms. The van der Waals surface area contributed by atoms with Crippen molar-refractivity contribution in [1.82, 2.24) is 19.1 Å². The zero-order chi connectivity index (χ0) is 62.6. The molecule has 16 rings (SSSR count). The monoisotopic (exact) mass is 1170 g/mol. The molecule has 442 valence electrons. The van der Waals surface area contributed by atoms with Gasteiger partial charge in [-0.15, -0.1) is 0 Å². The standard InChI is InChI=1S/C86H75BN4/c1-83(2,3)61-41-58(42-62(49-61)84(4,5)6)71-51-72(89-82(88-71)60-43-63(85(7,8)9)50-64(44-60)86(10,11)12)59-47-75-79-76(48-59)91-74-40-34-57(53-27-19-14-20-28-53)46-68(74)78-66(55-31-23-16-24-32-55)36-38-70(81(78)91)87(79)69-37-35-65(54-29-21-15-22-30-54)77-67-45-56(52-25-17-13-18-26-52)33-39-73(67)90(75)80(69)77/h13-51H,1-12H3. The lowest BCUT2D eigenvalue weighted by Gasteiger charge is -2.34. The van der Waals surface area contributed by atoms with Gasteiger partial charge in [0.2, 0.25) is 0 Å². The average Bonchev–Trinajstić information content (AvgIpc) is 1.56.